The average molecular weight is 334 g/mol. The van der Waals surface area contributed by atoms with E-state index in [0.29, 0.717) is 24.5 Å². The summed E-state index contributed by atoms with van der Waals surface area (Å²) in [6.07, 6.45) is 1.68. The number of carbonyl (C=O) groups is 1. The van der Waals surface area contributed by atoms with Crippen LogP contribution >= 0.6 is 0 Å². The Labute approximate surface area is 143 Å². The summed E-state index contributed by atoms with van der Waals surface area (Å²) in [4.78, 5) is 11.7. The van der Waals surface area contributed by atoms with Crippen molar-refractivity contribution in [1.29, 1.82) is 0 Å². The van der Waals surface area contributed by atoms with Crippen molar-refractivity contribution in [2.24, 2.45) is 0 Å². The van der Waals surface area contributed by atoms with Crippen LogP contribution in [0.25, 0.3) is 0 Å². The molecule has 0 spiro atoms. The number of hydrogen-bond acceptors (Lipinski definition) is 5. The Morgan fingerprint density at radius 1 is 1.38 bits per heavy atom. The van der Waals surface area contributed by atoms with Crippen LogP contribution in [-0.2, 0) is 20.7 Å². The minimum atomic E-state index is -0.733. The summed E-state index contributed by atoms with van der Waals surface area (Å²) >= 11 is 0. The summed E-state index contributed by atoms with van der Waals surface area (Å²) < 4.78 is 16.1. The largest absolute Gasteiger partial charge is 0.498 e. The summed E-state index contributed by atoms with van der Waals surface area (Å²) in [6, 6.07) is 7.31. The standard InChI is InChI=1S/C19H26O5/c1-5-9-16(19(22-4)14(3)20)13-24-17-11-8-7-10-15(17)12-18(21)23-6-2/h5,7-8,10-11,14,20H,1,6,9,12-13H2,2-4H3/b19-16+. The topological polar surface area (TPSA) is 65.0 Å². The summed E-state index contributed by atoms with van der Waals surface area (Å²) in [5, 5.41) is 9.81. The number of esters is 1. The van der Waals surface area contributed by atoms with Gasteiger partial charge in [-0.2, -0.15) is 0 Å². The Morgan fingerprint density at radius 2 is 2.08 bits per heavy atom. The Bertz CT molecular complexity index is 575. The summed E-state index contributed by atoms with van der Waals surface area (Å²) in [5.74, 6) is 0.780. The zero-order valence-electron chi connectivity index (χ0n) is 14.6. The van der Waals surface area contributed by atoms with Crippen LogP contribution in [0.3, 0.4) is 0 Å². The van der Waals surface area contributed by atoms with Gasteiger partial charge in [-0.25, -0.2) is 0 Å². The molecule has 0 radical (unpaired) electrons. The number of benzene rings is 1. The minimum absolute atomic E-state index is 0.151. The molecule has 1 atom stereocenters. The van der Waals surface area contributed by atoms with E-state index < -0.39 is 6.10 Å². The highest BCUT2D eigenvalue weighted by Gasteiger charge is 2.14. The molecule has 1 aromatic rings. The van der Waals surface area contributed by atoms with Gasteiger partial charge in [0.1, 0.15) is 24.2 Å². The van der Waals surface area contributed by atoms with Crippen molar-refractivity contribution in [2.75, 3.05) is 20.3 Å². The van der Waals surface area contributed by atoms with Crippen LogP contribution in [0, 0.1) is 0 Å². The maximum atomic E-state index is 11.7. The van der Waals surface area contributed by atoms with Crippen molar-refractivity contribution in [3.05, 3.63) is 53.8 Å². The fourth-order valence-electron chi connectivity index (χ4n) is 2.34. The molecule has 0 heterocycles. The van der Waals surface area contributed by atoms with Gasteiger partial charge in [-0.1, -0.05) is 24.3 Å². The molecule has 5 nitrogen and oxygen atoms in total. The highest BCUT2D eigenvalue weighted by molar-refractivity contribution is 5.73. The van der Waals surface area contributed by atoms with Gasteiger partial charge in [-0.05, 0) is 26.3 Å². The Balaban J connectivity index is 2.92. The van der Waals surface area contributed by atoms with Crippen molar-refractivity contribution >= 4 is 5.97 Å². The van der Waals surface area contributed by atoms with Crippen LogP contribution in [0.15, 0.2) is 48.3 Å². The third kappa shape index (κ3) is 6.08. The third-order valence-corrected chi connectivity index (χ3v) is 3.35. The number of hydrogen-bond donors (Lipinski definition) is 1. The van der Waals surface area contributed by atoms with Crippen LogP contribution in [0.5, 0.6) is 5.75 Å². The molecule has 0 aliphatic heterocycles. The van der Waals surface area contributed by atoms with Crippen LogP contribution in [-0.4, -0.2) is 37.5 Å². The number of ether oxygens (including phenoxy) is 3. The van der Waals surface area contributed by atoms with Gasteiger partial charge in [0.05, 0.1) is 20.1 Å². The lowest BCUT2D eigenvalue weighted by molar-refractivity contribution is -0.142. The van der Waals surface area contributed by atoms with E-state index >= 15 is 0 Å². The van der Waals surface area contributed by atoms with Crippen LogP contribution in [0.1, 0.15) is 25.8 Å². The highest BCUT2D eigenvalue weighted by Crippen LogP contribution is 2.22. The second-order valence-corrected chi connectivity index (χ2v) is 5.22. The van der Waals surface area contributed by atoms with E-state index in [-0.39, 0.29) is 19.0 Å². The lowest BCUT2D eigenvalue weighted by Gasteiger charge is -2.17. The molecule has 0 bridgehead atoms. The lowest BCUT2D eigenvalue weighted by atomic mass is 10.1. The lowest BCUT2D eigenvalue weighted by Crippen LogP contribution is -2.15. The van der Waals surface area contributed by atoms with Gasteiger partial charge in [0.25, 0.3) is 0 Å². The molecule has 0 aromatic heterocycles. The second kappa shape index (κ2) is 10.5. The fourth-order valence-corrected chi connectivity index (χ4v) is 2.34. The van der Waals surface area contributed by atoms with Crippen LogP contribution < -0.4 is 4.74 Å². The Hall–Kier alpha value is -2.27. The zero-order chi connectivity index (χ0) is 17.9. The van der Waals surface area contributed by atoms with Crippen molar-refractivity contribution in [3.63, 3.8) is 0 Å². The maximum absolute atomic E-state index is 11.7. The summed E-state index contributed by atoms with van der Waals surface area (Å²) in [5.41, 5.74) is 1.55. The SMILES string of the molecule is C=CC/C(COc1ccccc1CC(=O)OCC)=C(\OC)C(C)O. The van der Waals surface area contributed by atoms with E-state index in [9.17, 15) is 9.90 Å². The molecule has 0 aliphatic rings. The fraction of sp³-hybridized carbons (Fsp3) is 0.421. The van der Waals surface area contributed by atoms with Crippen molar-refractivity contribution in [1.82, 2.24) is 0 Å². The van der Waals surface area contributed by atoms with Gasteiger partial charge in [-0.15, -0.1) is 6.58 Å². The van der Waals surface area contributed by atoms with E-state index in [1.54, 1.807) is 26.0 Å². The van der Waals surface area contributed by atoms with Crippen molar-refractivity contribution < 1.29 is 24.1 Å². The first kappa shape index (κ1) is 19.8. The van der Waals surface area contributed by atoms with Gasteiger partial charge >= 0.3 is 5.97 Å². The number of methoxy groups -OCH3 is 1. The highest BCUT2D eigenvalue weighted by atomic mass is 16.5. The van der Waals surface area contributed by atoms with E-state index in [2.05, 4.69) is 6.58 Å². The molecule has 1 rings (SSSR count). The predicted molar refractivity (Wildman–Crippen MR) is 92.8 cm³/mol. The van der Waals surface area contributed by atoms with E-state index in [1.807, 2.05) is 18.2 Å². The number of allylic oxidation sites excluding steroid dienone is 1. The first-order chi connectivity index (χ1) is 11.5. The van der Waals surface area contributed by atoms with Crippen LogP contribution in [0.4, 0.5) is 0 Å². The third-order valence-electron chi connectivity index (χ3n) is 3.35. The van der Waals surface area contributed by atoms with Gasteiger partial charge in [0.15, 0.2) is 0 Å². The van der Waals surface area contributed by atoms with E-state index in [1.165, 1.54) is 7.11 Å². The van der Waals surface area contributed by atoms with Gasteiger partial charge in [0.2, 0.25) is 0 Å². The average Bonchev–Trinajstić information content (AvgIpc) is 2.54. The summed E-state index contributed by atoms with van der Waals surface area (Å²) in [6.45, 7) is 7.71. The molecule has 1 N–H and O–H groups in total. The Morgan fingerprint density at radius 3 is 2.67 bits per heavy atom. The molecular formula is C19H26O5. The smallest absolute Gasteiger partial charge is 0.310 e. The quantitative estimate of drug-likeness (QED) is 0.405. The number of para-hydroxylation sites is 1. The molecule has 0 aliphatic carbocycles. The van der Waals surface area contributed by atoms with Gasteiger partial charge in [-0.3, -0.25) is 4.79 Å². The molecule has 5 heteroatoms. The first-order valence-electron chi connectivity index (χ1n) is 7.94. The van der Waals surface area contributed by atoms with Gasteiger partial charge < -0.3 is 19.3 Å². The van der Waals surface area contributed by atoms with Gasteiger partial charge in [0, 0.05) is 11.1 Å². The van der Waals surface area contributed by atoms with Crippen molar-refractivity contribution in [2.45, 2.75) is 32.8 Å². The monoisotopic (exact) mass is 334 g/mol. The normalized spacial score (nSPS) is 12.8. The van der Waals surface area contributed by atoms with E-state index in [0.717, 1.165) is 11.1 Å². The number of rotatable bonds is 10. The molecule has 0 saturated carbocycles. The molecule has 0 amide bonds. The van der Waals surface area contributed by atoms with E-state index in [4.69, 9.17) is 14.2 Å². The van der Waals surface area contributed by atoms with Crippen molar-refractivity contribution in [3.8, 4) is 5.75 Å². The molecule has 24 heavy (non-hydrogen) atoms. The minimum Gasteiger partial charge on any atom is -0.498 e. The molecule has 0 fully saturated rings. The summed E-state index contributed by atoms with van der Waals surface area (Å²) in [7, 11) is 1.51. The number of aliphatic hydroxyl groups is 1. The molecule has 132 valence electrons. The van der Waals surface area contributed by atoms with Crippen LogP contribution in [0.2, 0.25) is 0 Å². The molecule has 0 saturated heterocycles. The number of aliphatic hydroxyl groups excluding tert-OH is 1. The first-order valence-corrected chi connectivity index (χ1v) is 7.94. The molecular weight excluding hydrogens is 308 g/mol. The predicted octanol–water partition coefficient (Wildman–Crippen LogP) is 3.03. The number of carbonyl (C=O) groups excluding carboxylic acids is 1. The maximum Gasteiger partial charge on any atom is 0.310 e. The zero-order valence-corrected chi connectivity index (χ0v) is 14.6. The molecule has 1 aromatic carbocycles. The molecule has 1 unspecified atom stereocenters. The second-order valence-electron chi connectivity index (χ2n) is 5.22. The Kier molecular flexibility index (Phi) is 8.65.